The predicted molar refractivity (Wildman–Crippen MR) is 105 cm³/mol. The molecule has 1 aromatic heterocycles. The van der Waals surface area contributed by atoms with Gasteiger partial charge in [0.15, 0.2) is 0 Å². The molecule has 0 spiro atoms. The van der Waals surface area contributed by atoms with Gasteiger partial charge in [0.2, 0.25) is 5.91 Å². The van der Waals surface area contributed by atoms with Crippen LogP contribution in [0.3, 0.4) is 0 Å². The number of methoxy groups -OCH3 is 1. The number of fused-ring (bicyclic) bond motifs is 1. The van der Waals surface area contributed by atoms with Crippen molar-refractivity contribution in [2.45, 2.75) is 12.8 Å². The van der Waals surface area contributed by atoms with Crippen molar-refractivity contribution in [1.82, 2.24) is 4.57 Å². The Bertz CT molecular complexity index is 1040. The second-order valence-electron chi connectivity index (χ2n) is 6.64. The van der Waals surface area contributed by atoms with E-state index in [-0.39, 0.29) is 11.8 Å². The van der Waals surface area contributed by atoms with E-state index in [2.05, 4.69) is 5.32 Å². The molecule has 0 saturated carbocycles. The zero-order valence-electron chi connectivity index (χ0n) is 15.4. The number of nitrogens with zero attached hydrogens (tertiary/aromatic N) is 2. The highest BCUT2D eigenvalue weighted by Gasteiger charge is 2.24. The number of amides is 2. The van der Waals surface area contributed by atoms with Gasteiger partial charge in [-0.05, 0) is 30.7 Å². The number of nitrogens with one attached hydrogen (secondary N) is 1. The van der Waals surface area contributed by atoms with Crippen LogP contribution in [0.25, 0.3) is 10.9 Å². The molecular formula is C21H21N3O3. The van der Waals surface area contributed by atoms with E-state index in [1.165, 1.54) is 0 Å². The fourth-order valence-electron chi connectivity index (χ4n) is 3.58. The Morgan fingerprint density at radius 2 is 1.96 bits per heavy atom. The lowest BCUT2D eigenvalue weighted by Crippen LogP contribution is -2.24. The van der Waals surface area contributed by atoms with Crippen LogP contribution >= 0.6 is 0 Å². The average molecular weight is 363 g/mol. The Kier molecular flexibility index (Phi) is 4.32. The molecule has 1 saturated heterocycles. The maximum atomic E-state index is 12.8. The molecule has 138 valence electrons. The van der Waals surface area contributed by atoms with Gasteiger partial charge in [0, 0.05) is 42.7 Å². The lowest BCUT2D eigenvalue weighted by molar-refractivity contribution is -0.117. The molecule has 1 aliphatic rings. The third kappa shape index (κ3) is 3.03. The number of rotatable bonds is 4. The summed E-state index contributed by atoms with van der Waals surface area (Å²) in [6.07, 6.45) is 1.41. The van der Waals surface area contributed by atoms with Crippen molar-refractivity contribution >= 4 is 34.1 Å². The molecule has 6 nitrogen and oxygen atoms in total. The molecule has 2 aromatic carbocycles. The highest BCUT2D eigenvalue weighted by molar-refractivity contribution is 6.06. The molecule has 1 fully saturated rings. The molecule has 2 heterocycles. The molecule has 1 aliphatic heterocycles. The van der Waals surface area contributed by atoms with Gasteiger partial charge < -0.3 is 19.5 Å². The number of aromatic nitrogens is 1. The van der Waals surface area contributed by atoms with Crippen LogP contribution in [0.4, 0.5) is 11.4 Å². The van der Waals surface area contributed by atoms with E-state index < -0.39 is 0 Å². The van der Waals surface area contributed by atoms with Gasteiger partial charge in [0.1, 0.15) is 11.4 Å². The van der Waals surface area contributed by atoms with E-state index in [1.807, 2.05) is 48.0 Å². The van der Waals surface area contributed by atoms with Gasteiger partial charge in [0.25, 0.3) is 5.91 Å². The van der Waals surface area contributed by atoms with Crippen LogP contribution in [0.1, 0.15) is 23.3 Å². The Morgan fingerprint density at radius 3 is 2.67 bits per heavy atom. The summed E-state index contributed by atoms with van der Waals surface area (Å²) < 4.78 is 7.33. The fourth-order valence-corrected chi connectivity index (χ4v) is 3.58. The maximum absolute atomic E-state index is 12.8. The van der Waals surface area contributed by atoms with Gasteiger partial charge in [-0.1, -0.05) is 18.2 Å². The maximum Gasteiger partial charge on any atom is 0.272 e. The highest BCUT2D eigenvalue weighted by Crippen LogP contribution is 2.34. The Morgan fingerprint density at radius 1 is 1.15 bits per heavy atom. The van der Waals surface area contributed by atoms with Gasteiger partial charge in [-0.15, -0.1) is 0 Å². The highest BCUT2D eigenvalue weighted by atomic mass is 16.5. The summed E-state index contributed by atoms with van der Waals surface area (Å²) in [5, 5.41) is 3.94. The van der Waals surface area contributed by atoms with E-state index in [9.17, 15) is 9.59 Å². The molecule has 6 heteroatoms. The third-order valence-corrected chi connectivity index (χ3v) is 4.99. The van der Waals surface area contributed by atoms with Crippen molar-refractivity contribution in [3.63, 3.8) is 0 Å². The molecule has 4 rings (SSSR count). The van der Waals surface area contributed by atoms with E-state index >= 15 is 0 Å². The molecule has 2 amide bonds. The number of para-hydroxylation sites is 1. The van der Waals surface area contributed by atoms with Gasteiger partial charge in [-0.3, -0.25) is 9.59 Å². The zero-order chi connectivity index (χ0) is 19.0. The summed E-state index contributed by atoms with van der Waals surface area (Å²) in [5.74, 6) is 0.474. The fraction of sp³-hybridized carbons (Fsp3) is 0.238. The number of benzene rings is 2. The summed E-state index contributed by atoms with van der Waals surface area (Å²) in [4.78, 5) is 26.5. The monoisotopic (exact) mass is 363 g/mol. The standard InChI is InChI=1S/C21H21N3O3/c1-23-16-7-4-3-6-14(16)12-18(23)21(26)22-15-9-10-17(19(13-15)27-2)24-11-5-8-20(24)25/h3-4,6-7,9-10,12-13H,5,8,11H2,1-2H3,(H,22,26). The van der Waals surface area contributed by atoms with Crippen LogP contribution in [0, 0.1) is 0 Å². The van der Waals surface area contributed by atoms with Crippen molar-refractivity contribution in [2.24, 2.45) is 7.05 Å². The number of carbonyl (C=O) groups is 2. The molecule has 0 aliphatic carbocycles. The molecule has 1 N–H and O–H groups in total. The predicted octanol–water partition coefficient (Wildman–Crippen LogP) is 3.57. The van der Waals surface area contributed by atoms with Gasteiger partial charge in [-0.25, -0.2) is 0 Å². The number of hydrogen-bond acceptors (Lipinski definition) is 3. The number of ether oxygens (including phenoxy) is 1. The topological polar surface area (TPSA) is 63.6 Å². The van der Waals surface area contributed by atoms with Crippen LogP contribution in [0.5, 0.6) is 5.75 Å². The summed E-state index contributed by atoms with van der Waals surface area (Å²) in [7, 11) is 3.44. The van der Waals surface area contributed by atoms with E-state index in [0.717, 1.165) is 23.0 Å². The van der Waals surface area contributed by atoms with Crippen LogP contribution in [0.2, 0.25) is 0 Å². The smallest absolute Gasteiger partial charge is 0.272 e. The van der Waals surface area contributed by atoms with Crippen molar-refractivity contribution in [3.8, 4) is 5.75 Å². The Labute approximate surface area is 157 Å². The van der Waals surface area contributed by atoms with Gasteiger partial charge in [-0.2, -0.15) is 0 Å². The second-order valence-corrected chi connectivity index (χ2v) is 6.64. The van der Waals surface area contributed by atoms with E-state index in [1.54, 1.807) is 24.1 Å². The van der Waals surface area contributed by atoms with Gasteiger partial charge in [0.05, 0.1) is 12.8 Å². The van der Waals surface area contributed by atoms with Gasteiger partial charge >= 0.3 is 0 Å². The van der Waals surface area contributed by atoms with Crippen molar-refractivity contribution in [2.75, 3.05) is 23.9 Å². The second kappa shape index (κ2) is 6.79. The SMILES string of the molecule is COc1cc(NC(=O)c2cc3ccccc3n2C)ccc1N1CCCC1=O. The average Bonchev–Trinajstić information content (AvgIpc) is 3.25. The van der Waals surface area contributed by atoms with Crippen LogP contribution < -0.4 is 15.0 Å². The van der Waals surface area contributed by atoms with Crippen molar-refractivity contribution in [3.05, 3.63) is 54.2 Å². The summed E-state index contributed by atoms with van der Waals surface area (Å²) in [6.45, 7) is 0.691. The number of carbonyl (C=O) groups excluding carboxylic acids is 2. The molecule has 0 unspecified atom stereocenters. The first kappa shape index (κ1) is 17.1. The van der Waals surface area contributed by atoms with E-state index in [0.29, 0.717) is 30.1 Å². The first-order valence-corrected chi connectivity index (χ1v) is 8.92. The summed E-state index contributed by atoms with van der Waals surface area (Å²) >= 11 is 0. The molecule has 0 radical (unpaired) electrons. The zero-order valence-corrected chi connectivity index (χ0v) is 15.4. The van der Waals surface area contributed by atoms with E-state index in [4.69, 9.17) is 4.74 Å². The summed E-state index contributed by atoms with van der Waals surface area (Å²) in [6, 6.07) is 15.1. The third-order valence-electron chi connectivity index (χ3n) is 4.99. The first-order valence-electron chi connectivity index (χ1n) is 8.92. The van der Waals surface area contributed by atoms with Crippen LogP contribution in [-0.2, 0) is 11.8 Å². The molecule has 3 aromatic rings. The Balaban J connectivity index is 1.61. The molecule has 0 bridgehead atoms. The lowest BCUT2D eigenvalue weighted by atomic mass is 10.2. The number of aryl methyl sites for hydroxylation is 1. The molecule has 27 heavy (non-hydrogen) atoms. The Hall–Kier alpha value is -3.28. The number of hydrogen-bond donors (Lipinski definition) is 1. The minimum Gasteiger partial charge on any atom is -0.494 e. The number of anilines is 2. The largest absolute Gasteiger partial charge is 0.494 e. The van der Waals surface area contributed by atoms with Crippen LogP contribution in [0.15, 0.2) is 48.5 Å². The molecular weight excluding hydrogens is 342 g/mol. The van der Waals surface area contributed by atoms with Crippen molar-refractivity contribution < 1.29 is 14.3 Å². The summed E-state index contributed by atoms with van der Waals surface area (Å²) in [5.41, 5.74) is 2.94. The van der Waals surface area contributed by atoms with Crippen molar-refractivity contribution in [1.29, 1.82) is 0 Å². The molecule has 0 atom stereocenters. The minimum atomic E-state index is -0.194. The lowest BCUT2D eigenvalue weighted by Gasteiger charge is -2.19. The quantitative estimate of drug-likeness (QED) is 0.771. The van der Waals surface area contributed by atoms with Crippen LogP contribution in [-0.4, -0.2) is 30.0 Å². The normalized spacial score (nSPS) is 14.0. The first-order chi connectivity index (χ1) is 13.1. The minimum absolute atomic E-state index is 0.0978.